The van der Waals surface area contributed by atoms with E-state index in [1.807, 2.05) is 17.5 Å². The van der Waals surface area contributed by atoms with Gasteiger partial charge in [-0.2, -0.15) is 0 Å². The molecule has 1 saturated carbocycles. The van der Waals surface area contributed by atoms with Crippen LogP contribution in [0, 0.1) is 11.3 Å². The highest BCUT2D eigenvalue weighted by Crippen LogP contribution is 2.51. The molecule has 1 aliphatic heterocycles. The third-order valence-corrected chi connectivity index (χ3v) is 7.37. The number of amides is 1. The van der Waals surface area contributed by atoms with Crippen molar-refractivity contribution in [2.75, 3.05) is 6.54 Å². The second-order valence-corrected chi connectivity index (χ2v) is 10.3. The second kappa shape index (κ2) is 6.22. The van der Waals surface area contributed by atoms with Gasteiger partial charge < -0.3 is 4.90 Å². The molecule has 3 nitrogen and oxygen atoms in total. The summed E-state index contributed by atoms with van der Waals surface area (Å²) in [5, 5.41) is 3.54. The number of benzene rings is 1. The molecule has 2 bridgehead atoms. The van der Waals surface area contributed by atoms with Crippen LogP contribution in [0.3, 0.4) is 0 Å². The number of nitrogens with zero attached hydrogens (tertiary/aromatic N) is 2. The first-order valence-electron chi connectivity index (χ1n) is 8.90. The molecule has 138 valence electrons. The summed E-state index contributed by atoms with van der Waals surface area (Å²) in [5.74, 6) is 0.626. The van der Waals surface area contributed by atoms with Gasteiger partial charge in [-0.3, -0.25) is 4.79 Å². The van der Waals surface area contributed by atoms with E-state index in [1.54, 1.807) is 6.07 Å². The summed E-state index contributed by atoms with van der Waals surface area (Å²) >= 11 is 13.9. The Kier molecular flexibility index (Phi) is 4.37. The van der Waals surface area contributed by atoms with Gasteiger partial charge >= 0.3 is 0 Å². The van der Waals surface area contributed by atoms with Crippen molar-refractivity contribution in [2.45, 2.75) is 45.6 Å². The molecule has 2 aromatic rings. The standard InChI is InChI=1S/C20H22Cl2N2OS/c1-19(2)7-12-8-20(3,11-19)24(9-12)18(25)15-10-26-17(23-15)13-5-4-6-14(21)16(13)22/h4-6,10,12H,7-9,11H2,1-3H3/t12?,20-/m1/s1. The average Bonchev–Trinajstić information content (AvgIpc) is 3.11. The van der Waals surface area contributed by atoms with Crippen molar-refractivity contribution in [3.8, 4) is 10.6 Å². The van der Waals surface area contributed by atoms with E-state index in [-0.39, 0.29) is 16.9 Å². The summed E-state index contributed by atoms with van der Waals surface area (Å²) in [5.41, 5.74) is 1.50. The molecule has 1 saturated heterocycles. The highest BCUT2D eigenvalue weighted by Gasteiger charge is 2.52. The molecule has 2 aliphatic rings. The van der Waals surface area contributed by atoms with Gasteiger partial charge in [-0.25, -0.2) is 4.98 Å². The predicted octanol–water partition coefficient (Wildman–Crippen LogP) is 6.16. The first kappa shape index (κ1) is 18.3. The molecule has 2 atom stereocenters. The van der Waals surface area contributed by atoms with Gasteiger partial charge in [-0.05, 0) is 43.6 Å². The predicted molar refractivity (Wildman–Crippen MR) is 108 cm³/mol. The molecule has 26 heavy (non-hydrogen) atoms. The number of fused-ring (bicyclic) bond motifs is 2. The lowest BCUT2D eigenvalue weighted by molar-refractivity contribution is 0.0505. The molecule has 1 unspecified atom stereocenters. The summed E-state index contributed by atoms with van der Waals surface area (Å²) in [4.78, 5) is 19.9. The largest absolute Gasteiger partial charge is 0.332 e. The van der Waals surface area contributed by atoms with Crippen LogP contribution in [0.4, 0.5) is 0 Å². The van der Waals surface area contributed by atoms with Crippen LogP contribution in [0.1, 0.15) is 50.5 Å². The lowest BCUT2D eigenvalue weighted by Crippen LogP contribution is -2.47. The summed E-state index contributed by atoms with van der Waals surface area (Å²) in [6, 6.07) is 5.48. The number of rotatable bonds is 2. The second-order valence-electron chi connectivity index (χ2n) is 8.67. The molecule has 1 aromatic carbocycles. The molecule has 2 heterocycles. The van der Waals surface area contributed by atoms with Gasteiger partial charge in [0, 0.05) is 23.0 Å². The summed E-state index contributed by atoms with van der Waals surface area (Å²) < 4.78 is 0. The molecule has 0 spiro atoms. The highest BCUT2D eigenvalue weighted by molar-refractivity contribution is 7.13. The Morgan fingerprint density at radius 3 is 2.81 bits per heavy atom. The molecule has 4 rings (SSSR count). The molecular weight excluding hydrogens is 387 g/mol. The van der Waals surface area contributed by atoms with Gasteiger partial charge in [0.05, 0.1) is 10.0 Å². The summed E-state index contributed by atoms with van der Waals surface area (Å²) in [6.07, 6.45) is 3.32. The number of hydrogen-bond acceptors (Lipinski definition) is 3. The van der Waals surface area contributed by atoms with E-state index in [4.69, 9.17) is 23.2 Å². The Morgan fingerprint density at radius 2 is 2.04 bits per heavy atom. The van der Waals surface area contributed by atoms with Gasteiger partial charge in [-0.1, -0.05) is 49.2 Å². The van der Waals surface area contributed by atoms with Crippen LogP contribution < -0.4 is 0 Å². The fraction of sp³-hybridized carbons (Fsp3) is 0.500. The van der Waals surface area contributed by atoms with Crippen LogP contribution in [0.15, 0.2) is 23.6 Å². The van der Waals surface area contributed by atoms with Gasteiger partial charge in [0.1, 0.15) is 10.7 Å². The van der Waals surface area contributed by atoms with E-state index < -0.39 is 0 Å². The van der Waals surface area contributed by atoms with Crippen LogP contribution in [-0.4, -0.2) is 27.9 Å². The molecule has 6 heteroatoms. The summed E-state index contributed by atoms with van der Waals surface area (Å²) in [6.45, 7) is 7.69. The maximum Gasteiger partial charge on any atom is 0.273 e. The Morgan fingerprint density at radius 1 is 1.27 bits per heavy atom. The third-order valence-electron chi connectivity index (χ3n) is 5.67. The minimum atomic E-state index is -0.0685. The Labute approximate surface area is 168 Å². The third kappa shape index (κ3) is 3.06. The average molecular weight is 409 g/mol. The van der Waals surface area contributed by atoms with Gasteiger partial charge in [-0.15, -0.1) is 11.3 Å². The number of thiazole rings is 1. The number of carbonyl (C=O) groups excluding carboxylic acids is 1. The van der Waals surface area contributed by atoms with Crippen molar-refractivity contribution in [1.82, 2.24) is 9.88 Å². The van der Waals surface area contributed by atoms with Crippen LogP contribution >= 0.6 is 34.5 Å². The van der Waals surface area contributed by atoms with Gasteiger partial charge in [0.15, 0.2) is 0 Å². The Balaban J connectivity index is 1.62. The van der Waals surface area contributed by atoms with E-state index in [0.717, 1.165) is 30.0 Å². The molecular formula is C20H22Cl2N2OS. The van der Waals surface area contributed by atoms with Crippen LogP contribution in [0.25, 0.3) is 10.6 Å². The zero-order valence-corrected chi connectivity index (χ0v) is 17.5. The van der Waals surface area contributed by atoms with Crippen molar-refractivity contribution in [3.05, 3.63) is 39.3 Å². The quantitative estimate of drug-likeness (QED) is 0.595. The number of likely N-dealkylation sites (tertiary alicyclic amines) is 1. The van der Waals surface area contributed by atoms with E-state index in [1.165, 1.54) is 17.8 Å². The maximum atomic E-state index is 13.2. The normalized spacial score (nSPS) is 27.0. The maximum absolute atomic E-state index is 13.2. The molecule has 2 fully saturated rings. The fourth-order valence-corrected chi connectivity index (χ4v) is 6.37. The van der Waals surface area contributed by atoms with Crippen LogP contribution in [0.2, 0.25) is 10.0 Å². The zero-order chi connectivity index (χ0) is 18.7. The lowest BCUT2D eigenvalue weighted by Gasteiger charge is -2.43. The minimum absolute atomic E-state index is 0.0355. The molecule has 0 N–H and O–H groups in total. The van der Waals surface area contributed by atoms with Crippen LogP contribution in [0.5, 0.6) is 0 Å². The van der Waals surface area contributed by atoms with Crippen molar-refractivity contribution < 1.29 is 4.79 Å². The van der Waals surface area contributed by atoms with Crippen molar-refractivity contribution in [1.29, 1.82) is 0 Å². The molecule has 1 aromatic heterocycles. The lowest BCUT2D eigenvalue weighted by atomic mass is 9.67. The monoisotopic (exact) mass is 408 g/mol. The Hall–Kier alpha value is -1.10. The molecule has 0 radical (unpaired) electrons. The number of hydrogen-bond donors (Lipinski definition) is 0. The smallest absolute Gasteiger partial charge is 0.273 e. The van der Waals surface area contributed by atoms with Gasteiger partial charge in [0.25, 0.3) is 5.91 Å². The molecule has 1 aliphatic carbocycles. The minimum Gasteiger partial charge on any atom is -0.332 e. The SMILES string of the molecule is CC1(C)CC2CN(C(=O)c3csc(-c4cccc(Cl)c4Cl)n3)[C@](C)(C2)C1. The topological polar surface area (TPSA) is 33.2 Å². The summed E-state index contributed by atoms with van der Waals surface area (Å²) in [7, 11) is 0. The number of carbonyl (C=O) groups is 1. The van der Waals surface area contributed by atoms with E-state index >= 15 is 0 Å². The zero-order valence-electron chi connectivity index (χ0n) is 15.2. The van der Waals surface area contributed by atoms with Crippen LogP contribution in [-0.2, 0) is 0 Å². The van der Waals surface area contributed by atoms with Crippen molar-refractivity contribution in [3.63, 3.8) is 0 Å². The van der Waals surface area contributed by atoms with Crippen molar-refractivity contribution >= 4 is 40.4 Å². The highest BCUT2D eigenvalue weighted by atomic mass is 35.5. The first-order valence-corrected chi connectivity index (χ1v) is 10.5. The fourth-order valence-electron chi connectivity index (χ4n) is 5.10. The van der Waals surface area contributed by atoms with Gasteiger partial charge in [0.2, 0.25) is 0 Å². The first-order chi connectivity index (χ1) is 12.2. The molecule has 1 amide bonds. The Bertz CT molecular complexity index is 878. The van der Waals surface area contributed by atoms with E-state index in [2.05, 4.69) is 30.7 Å². The number of halogens is 2. The van der Waals surface area contributed by atoms with E-state index in [9.17, 15) is 4.79 Å². The number of aromatic nitrogens is 1. The van der Waals surface area contributed by atoms with E-state index in [0.29, 0.717) is 21.7 Å². The van der Waals surface area contributed by atoms with Crippen molar-refractivity contribution in [2.24, 2.45) is 11.3 Å².